The van der Waals surface area contributed by atoms with Gasteiger partial charge in [-0.1, -0.05) is 32.4 Å². The first-order chi connectivity index (χ1) is 4.50. The second-order valence-corrected chi connectivity index (χ2v) is 4.01. The smallest absolute Gasteiger partial charge is 0.00608 e. The number of hydrogen-bond acceptors (Lipinski definition) is 0. The van der Waals surface area contributed by atoms with Gasteiger partial charge in [-0.25, -0.2) is 0 Å². The van der Waals surface area contributed by atoms with Crippen molar-refractivity contribution >= 4 is 0 Å². The summed E-state index contributed by atoms with van der Waals surface area (Å²) in [5.41, 5.74) is 3.09. The first-order valence-corrected chi connectivity index (χ1v) is 3.78. The fraction of sp³-hybridized carbons (Fsp3) is 0.600. The van der Waals surface area contributed by atoms with E-state index in [0.29, 0.717) is 0 Å². The van der Waals surface area contributed by atoms with E-state index < -0.39 is 0 Å². The molecule has 0 aromatic heterocycles. The fourth-order valence-electron chi connectivity index (χ4n) is 1.06. The maximum atomic E-state index is 3.37. The molecule has 0 aromatic carbocycles. The van der Waals surface area contributed by atoms with Crippen LogP contribution in [0.25, 0.3) is 0 Å². The molecule has 10 heavy (non-hydrogen) atoms. The molecule has 0 saturated heterocycles. The number of allylic oxidation sites excluding steroid dienone is 4. The molecule has 0 bridgehead atoms. The quantitative estimate of drug-likeness (QED) is 0.478. The lowest BCUT2D eigenvalue weighted by molar-refractivity contribution is 0.516. The minimum absolute atomic E-state index is 0.289. The van der Waals surface area contributed by atoms with Crippen LogP contribution in [-0.4, -0.2) is 0 Å². The topological polar surface area (TPSA) is 0 Å². The summed E-state index contributed by atoms with van der Waals surface area (Å²) in [5.74, 6) is 0. The molecular formula is C10H15. The van der Waals surface area contributed by atoms with E-state index in [9.17, 15) is 0 Å². The van der Waals surface area contributed by atoms with Crippen LogP contribution in [0, 0.1) is 11.5 Å². The Morgan fingerprint density at radius 1 is 1.40 bits per heavy atom. The monoisotopic (exact) mass is 135 g/mol. The minimum Gasteiger partial charge on any atom is -0.0686 e. The summed E-state index contributed by atoms with van der Waals surface area (Å²) < 4.78 is 0. The van der Waals surface area contributed by atoms with Crippen molar-refractivity contribution in [3.8, 4) is 0 Å². The molecule has 0 fully saturated rings. The molecule has 0 heteroatoms. The van der Waals surface area contributed by atoms with E-state index in [-0.39, 0.29) is 5.41 Å². The molecule has 0 atom stereocenters. The largest absolute Gasteiger partial charge is 0.0686 e. The zero-order valence-corrected chi connectivity index (χ0v) is 7.28. The SMILES string of the molecule is CC1=CC(C(C)(C)C)=[C]C1. The van der Waals surface area contributed by atoms with E-state index in [2.05, 4.69) is 39.8 Å². The molecule has 0 spiro atoms. The van der Waals surface area contributed by atoms with E-state index in [0.717, 1.165) is 6.42 Å². The van der Waals surface area contributed by atoms with Crippen LogP contribution in [-0.2, 0) is 0 Å². The molecule has 1 rings (SSSR count). The first-order valence-electron chi connectivity index (χ1n) is 3.78. The molecule has 0 N–H and O–H groups in total. The Hall–Kier alpha value is -0.520. The predicted octanol–water partition coefficient (Wildman–Crippen LogP) is 3.11. The van der Waals surface area contributed by atoms with Gasteiger partial charge in [0.2, 0.25) is 0 Å². The second kappa shape index (κ2) is 2.26. The molecule has 1 aliphatic rings. The highest BCUT2D eigenvalue weighted by molar-refractivity contribution is 5.32. The zero-order valence-electron chi connectivity index (χ0n) is 7.28. The Balaban J connectivity index is 2.77. The van der Waals surface area contributed by atoms with Crippen molar-refractivity contribution in [1.82, 2.24) is 0 Å². The molecule has 1 radical (unpaired) electrons. The summed E-state index contributed by atoms with van der Waals surface area (Å²) in [4.78, 5) is 0. The van der Waals surface area contributed by atoms with Crippen molar-refractivity contribution in [2.75, 3.05) is 0 Å². The average Bonchev–Trinajstić information content (AvgIpc) is 2.11. The van der Waals surface area contributed by atoms with Gasteiger partial charge in [0.1, 0.15) is 0 Å². The Kier molecular flexibility index (Phi) is 1.72. The van der Waals surface area contributed by atoms with Gasteiger partial charge < -0.3 is 0 Å². The second-order valence-electron chi connectivity index (χ2n) is 4.01. The first kappa shape index (κ1) is 7.59. The lowest BCUT2D eigenvalue weighted by atomic mass is 9.87. The maximum absolute atomic E-state index is 3.37. The van der Waals surface area contributed by atoms with E-state index in [1.54, 1.807) is 0 Å². The lowest BCUT2D eigenvalue weighted by Gasteiger charge is -2.17. The Morgan fingerprint density at radius 2 is 2.00 bits per heavy atom. The standard InChI is InChI=1S/C10H15/c1-8-5-6-9(7-8)10(2,3)4/h7H,5H2,1-4H3. The van der Waals surface area contributed by atoms with Crippen LogP contribution < -0.4 is 0 Å². The van der Waals surface area contributed by atoms with Crippen molar-refractivity contribution in [3.63, 3.8) is 0 Å². The molecule has 0 unspecified atom stereocenters. The van der Waals surface area contributed by atoms with Crippen LogP contribution in [0.1, 0.15) is 34.1 Å². The third kappa shape index (κ3) is 1.50. The van der Waals surface area contributed by atoms with Gasteiger partial charge in [-0.2, -0.15) is 0 Å². The highest BCUT2D eigenvalue weighted by atomic mass is 14.2. The molecule has 0 heterocycles. The van der Waals surface area contributed by atoms with Gasteiger partial charge in [-0.05, 0) is 30.4 Å². The van der Waals surface area contributed by atoms with Crippen LogP contribution >= 0.6 is 0 Å². The highest BCUT2D eigenvalue weighted by Gasteiger charge is 2.17. The van der Waals surface area contributed by atoms with Crippen LogP contribution in [0.5, 0.6) is 0 Å². The summed E-state index contributed by atoms with van der Waals surface area (Å²) in [6, 6.07) is 0. The maximum Gasteiger partial charge on any atom is -0.00608 e. The van der Waals surface area contributed by atoms with Gasteiger partial charge in [-0.15, -0.1) is 0 Å². The van der Waals surface area contributed by atoms with Gasteiger partial charge >= 0.3 is 0 Å². The van der Waals surface area contributed by atoms with E-state index >= 15 is 0 Å². The number of hydrogen-bond donors (Lipinski definition) is 0. The third-order valence-electron chi connectivity index (χ3n) is 1.76. The van der Waals surface area contributed by atoms with E-state index in [1.807, 2.05) is 0 Å². The van der Waals surface area contributed by atoms with Gasteiger partial charge in [0, 0.05) is 0 Å². The summed E-state index contributed by atoms with van der Waals surface area (Å²) in [6.07, 6.45) is 6.65. The number of rotatable bonds is 0. The summed E-state index contributed by atoms with van der Waals surface area (Å²) in [5, 5.41) is 0. The minimum atomic E-state index is 0.289. The molecule has 0 saturated carbocycles. The van der Waals surface area contributed by atoms with Crippen molar-refractivity contribution in [2.24, 2.45) is 5.41 Å². The van der Waals surface area contributed by atoms with Crippen LogP contribution in [0.2, 0.25) is 0 Å². The molecule has 0 nitrogen and oxygen atoms in total. The van der Waals surface area contributed by atoms with Gasteiger partial charge in [0.15, 0.2) is 0 Å². The van der Waals surface area contributed by atoms with Gasteiger partial charge in [0.05, 0.1) is 0 Å². The van der Waals surface area contributed by atoms with Gasteiger partial charge in [-0.3, -0.25) is 0 Å². The van der Waals surface area contributed by atoms with Crippen molar-refractivity contribution in [3.05, 3.63) is 23.3 Å². The Bertz CT molecular complexity index is 187. The molecule has 55 valence electrons. The van der Waals surface area contributed by atoms with Crippen molar-refractivity contribution in [1.29, 1.82) is 0 Å². The summed E-state index contributed by atoms with van der Waals surface area (Å²) in [6.45, 7) is 8.84. The molecule has 1 aliphatic carbocycles. The lowest BCUT2D eigenvalue weighted by Crippen LogP contribution is -2.05. The fourth-order valence-corrected chi connectivity index (χ4v) is 1.06. The highest BCUT2D eigenvalue weighted by Crippen LogP contribution is 2.31. The van der Waals surface area contributed by atoms with Crippen LogP contribution in [0.15, 0.2) is 17.2 Å². The van der Waals surface area contributed by atoms with Crippen molar-refractivity contribution < 1.29 is 0 Å². The van der Waals surface area contributed by atoms with E-state index in [4.69, 9.17) is 0 Å². The molecule has 0 aliphatic heterocycles. The van der Waals surface area contributed by atoms with Crippen LogP contribution in [0.4, 0.5) is 0 Å². The predicted molar refractivity (Wildman–Crippen MR) is 44.6 cm³/mol. The van der Waals surface area contributed by atoms with Crippen molar-refractivity contribution in [2.45, 2.75) is 34.1 Å². The van der Waals surface area contributed by atoms with Crippen LogP contribution in [0.3, 0.4) is 0 Å². The average molecular weight is 135 g/mol. The Labute approximate surface area is 63.6 Å². The third-order valence-corrected chi connectivity index (χ3v) is 1.76. The molecular weight excluding hydrogens is 120 g/mol. The Morgan fingerprint density at radius 3 is 2.20 bits per heavy atom. The normalized spacial score (nSPS) is 18.8. The summed E-state index contributed by atoms with van der Waals surface area (Å²) in [7, 11) is 0. The summed E-state index contributed by atoms with van der Waals surface area (Å²) >= 11 is 0. The van der Waals surface area contributed by atoms with Gasteiger partial charge in [0.25, 0.3) is 0 Å². The molecule has 0 amide bonds. The molecule has 0 aromatic rings. The zero-order chi connectivity index (χ0) is 7.78. The van der Waals surface area contributed by atoms with E-state index in [1.165, 1.54) is 11.1 Å².